The van der Waals surface area contributed by atoms with Crippen molar-refractivity contribution in [2.75, 3.05) is 5.73 Å². The highest BCUT2D eigenvalue weighted by atomic mass is 16.6. The van der Waals surface area contributed by atoms with Crippen LogP contribution in [0.1, 0.15) is 17.1 Å². The van der Waals surface area contributed by atoms with Crippen LogP contribution in [0.25, 0.3) is 0 Å². The van der Waals surface area contributed by atoms with Crippen LogP contribution in [0.2, 0.25) is 0 Å². The third-order valence-corrected chi connectivity index (χ3v) is 2.06. The predicted octanol–water partition coefficient (Wildman–Crippen LogP) is -0.0916. The van der Waals surface area contributed by atoms with E-state index in [1.165, 1.54) is 0 Å². The molecule has 7 heteroatoms. The van der Waals surface area contributed by atoms with Crippen LogP contribution < -0.4 is 5.73 Å². The molecule has 0 amide bonds. The van der Waals surface area contributed by atoms with Crippen LogP contribution in [-0.2, 0) is 6.54 Å². The minimum absolute atomic E-state index is 0.430. The lowest BCUT2D eigenvalue weighted by Gasteiger charge is -1.98. The SMILES string of the molecule is Cc1nonc1Cn1nnc(N)c1C. The Morgan fingerprint density at radius 2 is 2.14 bits per heavy atom. The van der Waals surface area contributed by atoms with E-state index < -0.39 is 0 Å². The first kappa shape index (κ1) is 8.67. The van der Waals surface area contributed by atoms with Crippen molar-refractivity contribution in [1.29, 1.82) is 0 Å². The highest BCUT2D eigenvalue weighted by Crippen LogP contribution is 2.08. The number of aromatic nitrogens is 5. The quantitative estimate of drug-likeness (QED) is 0.717. The molecule has 0 aliphatic heterocycles. The second kappa shape index (κ2) is 3.09. The molecule has 0 saturated carbocycles. The molecule has 0 aliphatic carbocycles. The Bertz CT molecular complexity index is 445. The van der Waals surface area contributed by atoms with E-state index >= 15 is 0 Å². The van der Waals surface area contributed by atoms with E-state index in [0.717, 1.165) is 17.1 Å². The number of anilines is 1. The molecule has 2 aromatic heterocycles. The Kier molecular flexibility index (Phi) is 1.91. The number of aryl methyl sites for hydroxylation is 1. The van der Waals surface area contributed by atoms with Gasteiger partial charge in [0.2, 0.25) is 0 Å². The third-order valence-electron chi connectivity index (χ3n) is 2.06. The van der Waals surface area contributed by atoms with Crippen molar-refractivity contribution < 1.29 is 4.63 Å². The van der Waals surface area contributed by atoms with E-state index in [-0.39, 0.29) is 0 Å². The summed E-state index contributed by atoms with van der Waals surface area (Å²) in [5.41, 5.74) is 7.85. The zero-order valence-electron chi connectivity index (χ0n) is 7.93. The summed E-state index contributed by atoms with van der Waals surface area (Å²) in [7, 11) is 0. The summed E-state index contributed by atoms with van der Waals surface area (Å²) >= 11 is 0. The van der Waals surface area contributed by atoms with Gasteiger partial charge in [-0.1, -0.05) is 15.5 Å². The van der Waals surface area contributed by atoms with Crippen molar-refractivity contribution in [3.8, 4) is 0 Å². The molecule has 14 heavy (non-hydrogen) atoms. The lowest BCUT2D eigenvalue weighted by molar-refractivity contribution is 0.300. The summed E-state index contributed by atoms with van der Waals surface area (Å²) in [5.74, 6) is 0.430. The molecule has 7 nitrogen and oxygen atoms in total. The average molecular weight is 194 g/mol. The second-order valence-corrected chi connectivity index (χ2v) is 3.01. The Hall–Kier alpha value is -1.92. The van der Waals surface area contributed by atoms with Crippen LogP contribution in [-0.4, -0.2) is 25.3 Å². The fourth-order valence-electron chi connectivity index (χ4n) is 1.06. The minimum atomic E-state index is 0.430. The first-order valence-electron chi connectivity index (χ1n) is 4.12. The minimum Gasteiger partial charge on any atom is -0.381 e. The van der Waals surface area contributed by atoms with Gasteiger partial charge in [-0.2, -0.15) is 0 Å². The van der Waals surface area contributed by atoms with Crippen LogP contribution in [0.3, 0.4) is 0 Å². The van der Waals surface area contributed by atoms with E-state index in [0.29, 0.717) is 12.4 Å². The second-order valence-electron chi connectivity index (χ2n) is 3.01. The van der Waals surface area contributed by atoms with Crippen molar-refractivity contribution >= 4 is 5.82 Å². The maximum atomic E-state index is 5.55. The van der Waals surface area contributed by atoms with E-state index in [1.54, 1.807) is 4.68 Å². The maximum Gasteiger partial charge on any atom is 0.168 e. The van der Waals surface area contributed by atoms with Crippen molar-refractivity contribution in [3.63, 3.8) is 0 Å². The third kappa shape index (κ3) is 1.32. The Morgan fingerprint density at radius 3 is 2.64 bits per heavy atom. The van der Waals surface area contributed by atoms with Gasteiger partial charge < -0.3 is 5.73 Å². The summed E-state index contributed by atoms with van der Waals surface area (Å²) in [6.45, 7) is 4.14. The van der Waals surface area contributed by atoms with Crippen molar-refractivity contribution in [3.05, 3.63) is 17.1 Å². The lowest BCUT2D eigenvalue weighted by atomic mass is 10.3. The summed E-state index contributed by atoms with van der Waals surface area (Å²) in [5, 5.41) is 15.0. The van der Waals surface area contributed by atoms with Gasteiger partial charge in [-0.3, -0.25) is 0 Å². The van der Waals surface area contributed by atoms with Gasteiger partial charge in [0, 0.05) is 0 Å². The van der Waals surface area contributed by atoms with Gasteiger partial charge in [-0.25, -0.2) is 9.31 Å². The molecule has 0 unspecified atom stereocenters. The van der Waals surface area contributed by atoms with Gasteiger partial charge in [0.1, 0.15) is 11.4 Å². The first-order valence-corrected chi connectivity index (χ1v) is 4.12. The number of nitrogens with two attached hydrogens (primary N) is 1. The molecule has 0 aliphatic rings. The van der Waals surface area contributed by atoms with Gasteiger partial charge in [-0.05, 0) is 13.8 Å². The molecule has 74 valence electrons. The number of nitrogen functional groups attached to an aromatic ring is 1. The van der Waals surface area contributed by atoms with Gasteiger partial charge in [0.25, 0.3) is 0 Å². The standard InChI is InChI=1S/C7H10N6O/c1-4-6(11-14-10-4)3-13-5(2)7(8)9-12-13/h3,8H2,1-2H3. The highest BCUT2D eigenvalue weighted by Gasteiger charge is 2.10. The summed E-state index contributed by atoms with van der Waals surface area (Å²) < 4.78 is 6.23. The monoisotopic (exact) mass is 194 g/mol. The summed E-state index contributed by atoms with van der Waals surface area (Å²) in [4.78, 5) is 0. The number of rotatable bonds is 2. The van der Waals surface area contributed by atoms with Crippen LogP contribution in [0, 0.1) is 13.8 Å². The lowest BCUT2D eigenvalue weighted by Crippen LogP contribution is -2.05. The maximum absolute atomic E-state index is 5.55. The zero-order valence-corrected chi connectivity index (χ0v) is 7.93. The molecule has 0 aromatic carbocycles. The molecule has 0 atom stereocenters. The molecule has 0 radical (unpaired) electrons. The Balaban J connectivity index is 2.27. The molecule has 2 heterocycles. The predicted molar refractivity (Wildman–Crippen MR) is 47.3 cm³/mol. The van der Waals surface area contributed by atoms with Crippen molar-refractivity contribution in [2.24, 2.45) is 0 Å². The molecular weight excluding hydrogens is 184 g/mol. The van der Waals surface area contributed by atoms with E-state index in [9.17, 15) is 0 Å². The van der Waals surface area contributed by atoms with Gasteiger partial charge in [0.15, 0.2) is 5.82 Å². The summed E-state index contributed by atoms with van der Waals surface area (Å²) in [6, 6.07) is 0. The van der Waals surface area contributed by atoms with E-state index in [4.69, 9.17) is 5.73 Å². The highest BCUT2D eigenvalue weighted by molar-refractivity contribution is 5.31. The smallest absolute Gasteiger partial charge is 0.168 e. The van der Waals surface area contributed by atoms with Gasteiger partial charge in [-0.15, -0.1) is 5.10 Å². The largest absolute Gasteiger partial charge is 0.381 e. The number of nitrogens with zero attached hydrogens (tertiary/aromatic N) is 5. The fourth-order valence-corrected chi connectivity index (χ4v) is 1.06. The van der Waals surface area contributed by atoms with Gasteiger partial charge in [0.05, 0.1) is 12.2 Å². The van der Waals surface area contributed by atoms with Crippen LogP contribution in [0.5, 0.6) is 0 Å². The topological polar surface area (TPSA) is 95.6 Å². The Morgan fingerprint density at radius 1 is 1.36 bits per heavy atom. The number of hydrogen-bond acceptors (Lipinski definition) is 6. The molecule has 0 spiro atoms. The molecule has 0 fully saturated rings. The molecular formula is C7H10N6O. The molecule has 0 saturated heterocycles. The van der Waals surface area contributed by atoms with Crippen LogP contribution in [0.4, 0.5) is 5.82 Å². The van der Waals surface area contributed by atoms with Crippen molar-refractivity contribution in [1.82, 2.24) is 25.3 Å². The van der Waals surface area contributed by atoms with Crippen molar-refractivity contribution in [2.45, 2.75) is 20.4 Å². The first-order chi connectivity index (χ1) is 6.68. The summed E-state index contributed by atoms with van der Waals surface area (Å²) in [6.07, 6.45) is 0. The average Bonchev–Trinajstić information content (AvgIpc) is 2.68. The van der Waals surface area contributed by atoms with E-state index in [2.05, 4.69) is 25.3 Å². The molecule has 2 rings (SSSR count). The zero-order chi connectivity index (χ0) is 10.1. The number of hydrogen-bond donors (Lipinski definition) is 1. The Labute approximate surface area is 79.9 Å². The van der Waals surface area contributed by atoms with Gasteiger partial charge >= 0.3 is 0 Å². The molecule has 2 N–H and O–H groups in total. The van der Waals surface area contributed by atoms with Crippen LogP contribution in [0.15, 0.2) is 4.63 Å². The fraction of sp³-hybridized carbons (Fsp3) is 0.429. The normalized spacial score (nSPS) is 10.7. The molecule has 2 aromatic rings. The van der Waals surface area contributed by atoms with Crippen LogP contribution >= 0.6 is 0 Å². The molecule has 0 bridgehead atoms. The van der Waals surface area contributed by atoms with E-state index in [1.807, 2.05) is 13.8 Å².